The van der Waals surface area contributed by atoms with Gasteiger partial charge < -0.3 is 14.6 Å². The van der Waals surface area contributed by atoms with E-state index >= 15 is 0 Å². The molecule has 0 saturated carbocycles. The summed E-state index contributed by atoms with van der Waals surface area (Å²) < 4.78 is 32.3. The molecule has 2 aromatic rings. The van der Waals surface area contributed by atoms with E-state index in [1.165, 1.54) is 24.4 Å². The molecule has 0 saturated heterocycles. The average Bonchev–Trinajstić information content (AvgIpc) is 2.98. The molecule has 0 fully saturated rings. The predicted molar refractivity (Wildman–Crippen MR) is 103 cm³/mol. The first-order chi connectivity index (χ1) is 13.0. The Bertz CT molecular complexity index is 913. The summed E-state index contributed by atoms with van der Waals surface area (Å²) in [5.74, 6) is -0.358. The highest BCUT2D eigenvalue weighted by molar-refractivity contribution is 5.98. The van der Waals surface area contributed by atoms with Gasteiger partial charge in [0.1, 0.15) is 30.6 Å². The summed E-state index contributed by atoms with van der Waals surface area (Å²) in [5.41, 5.74) is 1.40. The molecule has 0 aliphatic rings. The second-order valence-electron chi connectivity index (χ2n) is 5.64. The largest absolute Gasteiger partial charge is 0.489 e. The van der Waals surface area contributed by atoms with E-state index in [4.69, 9.17) is 4.74 Å². The molecule has 0 aliphatic carbocycles. The second-order valence-corrected chi connectivity index (χ2v) is 5.64. The van der Waals surface area contributed by atoms with Crippen molar-refractivity contribution in [2.24, 2.45) is 12.0 Å². The third kappa shape index (κ3) is 5.37. The van der Waals surface area contributed by atoms with Gasteiger partial charge in [-0.05, 0) is 30.3 Å². The van der Waals surface area contributed by atoms with E-state index in [0.717, 1.165) is 5.39 Å². The zero-order valence-electron chi connectivity index (χ0n) is 15.0. The Morgan fingerprint density at radius 1 is 1.41 bits per heavy atom. The quantitative estimate of drug-likeness (QED) is 0.414. The fourth-order valence-electron chi connectivity index (χ4n) is 2.40. The van der Waals surface area contributed by atoms with E-state index in [1.54, 1.807) is 29.8 Å². The maximum absolute atomic E-state index is 13.4. The molecule has 0 aliphatic heterocycles. The first-order valence-corrected chi connectivity index (χ1v) is 8.22. The number of ether oxygens (including phenoxy) is 1. The third-order valence-electron chi connectivity index (χ3n) is 3.70. The molecule has 0 unspecified atom stereocenters. The number of hydrogen-bond donors (Lipinski definition) is 1. The van der Waals surface area contributed by atoms with Crippen molar-refractivity contribution in [2.45, 2.75) is 0 Å². The number of fused-ring (bicyclic) bond motifs is 1. The number of aromatic nitrogens is 1. The normalized spacial score (nSPS) is 11.7. The number of nitrogens with zero attached hydrogens (tertiary/aromatic N) is 2. The molecule has 5 nitrogen and oxygen atoms in total. The smallest absolute Gasteiger partial charge is 0.268 e. The standard InChI is InChI=1S/C20H21F2N3O2/c1-4-5-17(27-9-8-21)13-23-14(2)12-24-20(26)19-10-15-6-7-16(22)11-18(15)25(19)3/h4-7,10-11,13H,1-2,8-9,12H2,3H3,(H,24,26)/b17-5+,23-13-. The highest BCUT2D eigenvalue weighted by Gasteiger charge is 2.13. The predicted octanol–water partition coefficient (Wildman–Crippen LogP) is 3.69. The number of allylic oxidation sites excluding steroid dienone is 3. The lowest BCUT2D eigenvalue weighted by molar-refractivity contribution is 0.0949. The molecule has 0 spiro atoms. The Hall–Kier alpha value is -3.22. The molecule has 1 heterocycles. The monoisotopic (exact) mass is 373 g/mol. The van der Waals surface area contributed by atoms with Gasteiger partial charge in [0.25, 0.3) is 5.91 Å². The molecule has 0 radical (unpaired) electrons. The molecule has 2 rings (SSSR count). The van der Waals surface area contributed by atoms with Crippen LogP contribution in [0, 0.1) is 5.82 Å². The number of rotatable bonds is 9. The van der Waals surface area contributed by atoms with Gasteiger partial charge in [0.15, 0.2) is 0 Å². The molecule has 0 atom stereocenters. The van der Waals surface area contributed by atoms with E-state index in [-0.39, 0.29) is 24.9 Å². The van der Waals surface area contributed by atoms with Crippen LogP contribution >= 0.6 is 0 Å². The Morgan fingerprint density at radius 3 is 2.89 bits per heavy atom. The van der Waals surface area contributed by atoms with Crippen LogP contribution < -0.4 is 5.32 Å². The van der Waals surface area contributed by atoms with Crippen molar-refractivity contribution < 1.29 is 18.3 Å². The second kappa shape index (κ2) is 9.47. The fraction of sp³-hybridized carbons (Fsp3) is 0.200. The number of alkyl halides is 1. The third-order valence-corrected chi connectivity index (χ3v) is 3.70. The SMILES string of the molecule is C=C/C=C(\C=N/C(=C)CNC(=O)c1cc2ccc(F)cc2n1C)OCCF. The summed E-state index contributed by atoms with van der Waals surface area (Å²) in [4.78, 5) is 16.5. The van der Waals surface area contributed by atoms with Gasteiger partial charge >= 0.3 is 0 Å². The van der Waals surface area contributed by atoms with E-state index in [0.29, 0.717) is 22.7 Å². The van der Waals surface area contributed by atoms with Crippen LogP contribution in [0.1, 0.15) is 10.5 Å². The van der Waals surface area contributed by atoms with Crippen molar-refractivity contribution in [3.63, 3.8) is 0 Å². The minimum Gasteiger partial charge on any atom is -0.489 e. The maximum atomic E-state index is 13.4. The summed E-state index contributed by atoms with van der Waals surface area (Å²) in [6.07, 6.45) is 4.41. The number of nitrogens with one attached hydrogen (secondary N) is 1. The van der Waals surface area contributed by atoms with Gasteiger partial charge in [0, 0.05) is 12.4 Å². The van der Waals surface area contributed by atoms with E-state index in [1.807, 2.05) is 0 Å². The van der Waals surface area contributed by atoms with Crippen LogP contribution in [0.4, 0.5) is 8.78 Å². The number of carbonyl (C=O) groups excluding carboxylic acids is 1. The van der Waals surface area contributed by atoms with E-state index in [9.17, 15) is 13.6 Å². The van der Waals surface area contributed by atoms with Gasteiger partial charge in [0.2, 0.25) is 0 Å². The van der Waals surface area contributed by atoms with Gasteiger partial charge in [-0.3, -0.25) is 9.79 Å². The van der Waals surface area contributed by atoms with E-state index < -0.39 is 6.67 Å². The van der Waals surface area contributed by atoms with Crippen molar-refractivity contribution in [1.82, 2.24) is 9.88 Å². The van der Waals surface area contributed by atoms with Gasteiger partial charge in [-0.1, -0.05) is 19.2 Å². The average molecular weight is 373 g/mol. The summed E-state index contributed by atoms with van der Waals surface area (Å²) >= 11 is 0. The molecule has 1 amide bonds. The van der Waals surface area contributed by atoms with Crippen LogP contribution in [0.2, 0.25) is 0 Å². The summed E-state index contributed by atoms with van der Waals surface area (Å²) in [7, 11) is 1.69. The van der Waals surface area contributed by atoms with Crippen LogP contribution in [0.25, 0.3) is 10.9 Å². The minimum atomic E-state index is -0.617. The number of halogens is 2. The Balaban J connectivity index is 1.99. The molecular weight excluding hydrogens is 352 g/mol. The number of aryl methyl sites for hydroxylation is 1. The fourth-order valence-corrected chi connectivity index (χ4v) is 2.40. The first kappa shape index (κ1) is 20.1. The van der Waals surface area contributed by atoms with Crippen molar-refractivity contribution in [2.75, 3.05) is 19.8 Å². The lowest BCUT2D eigenvalue weighted by Crippen LogP contribution is -2.26. The Kier molecular flexibility index (Phi) is 7.05. The van der Waals surface area contributed by atoms with Crippen LogP contribution in [-0.2, 0) is 11.8 Å². The molecule has 7 heteroatoms. The molecule has 27 heavy (non-hydrogen) atoms. The van der Waals surface area contributed by atoms with E-state index in [2.05, 4.69) is 23.5 Å². The number of carbonyl (C=O) groups is 1. The van der Waals surface area contributed by atoms with Crippen molar-refractivity contribution >= 4 is 23.0 Å². The zero-order valence-corrected chi connectivity index (χ0v) is 15.0. The minimum absolute atomic E-state index is 0.0868. The van der Waals surface area contributed by atoms with Crippen LogP contribution in [0.5, 0.6) is 0 Å². The Labute approximate surface area is 156 Å². The zero-order chi connectivity index (χ0) is 19.8. The van der Waals surface area contributed by atoms with Crippen molar-refractivity contribution in [1.29, 1.82) is 0 Å². The highest BCUT2D eigenvalue weighted by atomic mass is 19.1. The number of hydrogen-bond acceptors (Lipinski definition) is 3. The van der Waals surface area contributed by atoms with Crippen molar-refractivity contribution in [3.05, 3.63) is 72.5 Å². The molecular formula is C20H21F2N3O2. The number of amides is 1. The molecule has 1 N–H and O–H groups in total. The van der Waals surface area contributed by atoms with Gasteiger partial charge in [-0.25, -0.2) is 8.78 Å². The number of benzene rings is 1. The van der Waals surface area contributed by atoms with Gasteiger partial charge in [-0.2, -0.15) is 0 Å². The van der Waals surface area contributed by atoms with Gasteiger partial charge in [0.05, 0.1) is 24.0 Å². The molecule has 142 valence electrons. The lowest BCUT2D eigenvalue weighted by Gasteiger charge is -2.07. The molecule has 0 bridgehead atoms. The van der Waals surface area contributed by atoms with Crippen LogP contribution in [0.15, 0.2) is 66.0 Å². The Morgan fingerprint density at radius 2 is 2.19 bits per heavy atom. The lowest BCUT2D eigenvalue weighted by atomic mass is 10.2. The van der Waals surface area contributed by atoms with Crippen molar-refractivity contribution in [3.8, 4) is 0 Å². The molecule has 1 aromatic heterocycles. The summed E-state index contributed by atoms with van der Waals surface area (Å²) in [6.45, 7) is 6.70. The number of aliphatic imine (C=N–C) groups is 1. The van der Waals surface area contributed by atoms with Gasteiger partial charge in [-0.15, -0.1) is 0 Å². The topological polar surface area (TPSA) is 55.6 Å². The maximum Gasteiger partial charge on any atom is 0.268 e. The van der Waals surface area contributed by atoms with Crippen LogP contribution in [-0.4, -0.2) is 36.5 Å². The first-order valence-electron chi connectivity index (χ1n) is 8.22. The molecule has 1 aromatic carbocycles. The highest BCUT2D eigenvalue weighted by Crippen LogP contribution is 2.19. The van der Waals surface area contributed by atoms with Crippen LogP contribution in [0.3, 0.4) is 0 Å². The summed E-state index contributed by atoms with van der Waals surface area (Å²) in [6, 6.07) is 6.03. The summed E-state index contributed by atoms with van der Waals surface area (Å²) in [5, 5.41) is 3.48.